The molecule has 1 saturated heterocycles. The van der Waals surface area contributed by atoms with Gasteiger partial charge in [-0.1, -0.05) is 37.9 Å². The van der Waals surface area contributed by atoms with Gasteiger partial charge in [-0.15, -0.1) is 0 Å². The Morgan fingerprint density at radius 3 is 2.75 bits per heavy atom. The van der Waals surface area contributed by atoms with E-state index in [2.05, 4.69) is 62.4 Å². The van der Waals surface area contributed by atoms with Gasteiger partial charge in [0.15, 0.2) is 0 Å². The van der Waals surface area contributed by atoms with Gasteiger partial charge >= 0.3 is 0 Å². The van der Waals surface area contributed by atoms with Crippen molar-refractivity contribution < 1.29 is 4.74 Å². The Hall–Kier alpha value is 0.1000. The average Bonchev–Trinajstić information content (AvgIpc) is 2.40. The maximum absolute atomic E-state index is 6.06. The number of benzene rings is 1. The van der Waals surface area contributed by atoms with Crippen LogP contribution in [0.3, 0.4) is 0 Å². The zero-order valence-electron chi connectivity index (χ0n) is 11.8. The zero-order valence-corrected chi connectivity index (χ0v) is 15.0. The molecule has 1 aliphatic carbocycles. The van der Waals surface area contributed by atoms with Crippen LogP contribution in [-0.4, -0.2) is 19.3 Å². The van der Waals surface area contributed by atoms with Crippen molar-refractivity contribution in [2.45, 2.75) is 43.7 Å². The van der Waals surface area contributed by atoms with Crippen molar-refractivity contribution >= 4 is 31.9 Å². The third kappa shape index (κ3) is 2.85. The first kappa shape index (κ1) is 15.0. The lowest BCUT2D eigenvalue weighted by molar-refractivity contribution is -0.147. The van der Waals surface area contributed by atoms with Gasteiger partial charge in [-0.05, 0) is 62.8 Å². The van der Waals surface area contributed by atoms with E-state index in [1.54, 1.807) is 0 Å². The highest BCUT2D eigenvalue weighted by molar-refractivity contribution is 9.11. The number of nitrogens with one attached hydrogen (secondary N) is 1. The Balaban J connectivity index is 1.81. The van der Waals surface area contributed by atoms with E-state index in [1.165, 1.54) is 35.7 Å². The number of hydrogen-bond acceptors (Lipinski definition) is 2. The Kier molecular flexibility index (Phi) is 4.56. The number of ether oxygens (including phenoxy) is 1. The monoisotopic (exact) mass is 401 g/mol. The molecule has 1 aromatic carbocycles. The van der Waals surface area contributed by atoms with Gasteiger partial charge in [-0.25, -0.2) is 0 Å². The third-order valence-corrected chi connectivity index (χ3v) is 6.06. The quantitative estimate of drug-likeness (QED) is 0.782. The normalized spacial score (nSPS) is 26.2. The van der Waals surface area contributed by atoms with Gasteiger partial charge in [0, 0.05) is 21.6 Å². The van der Waals surface area contributed by atoms with Crippen LogP contribution in [0.1, 0.15) is 43.7 Å². The van der Waals surface area contributed by atoms with Gasteiger partial charge in [0.25, 0.3) is 0 Å². The second-order valence-corrected chi connectivity index (χ2v) is 7.84. The Bertz CT molecular complexity index is 487. The number of hydrogen-bond donors (Lipinski definition) is 1. The maximum atomic E-state index is 6.06. The van der Waals surface area contributed by atoms with Crippen molar-refractivity contribution in [3.05, 3.63) is 32.7 Å². The molecule has 0 amide bonds. The summed E-state index contributed by atoms with van der Waals surface area (Å²) >= 11 is 7.24. The molecule has 2 fully saturated rings. The molecule has 0 radical (unpaired) electrons. The standard InChI is InChI=1S/C16H21Br2NO/c1-19-15(13-4-3-12(17)9-14(13)18)11-5-8-20-16(10-11)6-2-7-16/h3-4,9,11,15,19H,2,5-8,10H2,1H3. The molecule has 1 spiro atoms. The van der Waals surface area contributed by atoms with Crippen LogP contribution < -0.4 is 5.32 Å². The highest BCUT2D eigenvalue weighted by Gasteiger charge is 2.44. The topological polar surface area (TPSA) is 21.3 Å². The second kappa shape index (κ2) is 6.07. The van der Waals surface area contributed by atoms with Crippen LogP contribution in [-0.2, 0) is 4.74 Å². The van der Waals surface area contributed by atoms with Crippen molar-refractivity contribution in [2.24, 2.45) is 5.92 Å². The first-order chi connectivity index (χ1) is 9.63. The lowest BCUT2D eigenvalue weighted by Crippen LogP contribution is -2.47. The minimum absolute atomic E-state index is 0.208. The van der Waals surface area contributed by atoms with Gasteiger partial charge in [0.2, 0.25) is 0 Å². The molecule has 110 valence electrons. The summed E-state index contributed by atoms with van der Waals surface area (Å²) in [7, 11) is 2.07. The Morgan fingerprint density at radius 2 is 2.15 bits per heavy atom. The van der Waals surface area contributed by atoms with Crippen molar-refractivity contribution in [3.8, 4) is 0 Å². The molecule has 4 heteroatoms. The van der Waals surface area contributed by atoms with Crippen molar-refractivity contribution in [2.75, 3.05) is 13.7 Å². The molecule has 2 nitrogen and oxygen atoms in total. The fourth-order valence-corrected chi connectivity index (χ4v) is 4.96. The van der Waals surface area contributed by atoms with E-state index in [1.807, 2.05) is 0 Å². The van der Waals surface area contributed by atoms with Crippen molar-refractivity contribution in [1.29, 1.82) is 0 Å². The van der Waals surface area contributed by atoms with Crippen molar-refractivity contribution in [3.63, 3.8) is 0 Å². The minimum atomic E-state index is 0.208. The van der Waals surface area contributed by atoms with E-state index in [0.717, 1.165) is 17.5 Å². The smallest absolute Gasteiger partial charge is 0.0686 e. The fraction of sp³-hybridized carbons (Fsp3) is 0.625. The second-order valence-electron chi connectivity index (χ2n) is 6.07. The summed E-state index contributed by atoms with van der Waals surface area (Å²) in [5.41, 5.74) is 1.57. The van der Waals surface area contributed by atoms with Crippen LogP contribution in [0.4, 0.5) is 0 Å². The molecular formula is C16H21Br2NO. The zero-order chi connectivity index (χ0) is 14.2. The summed E-state index contributed by atoms with van der Waals surface area (Å²) in [4.78, 5) is 0. The summed E-state index contributed by atoms with van der Waals surface area (Å²) in [6.07, 6.45) is 6.18. The Labute approximate surface area is 137 Å². The van der Waals surface area contributed by atoms with E-state index < -0.39 is 0 Å². The van der Waals surface area contributed by atoms with Crippen LogP contribution in [0.25, 0.3) is 0 Å². The summed E-state index contributed by atoms with van der Waals surface area (Å²) in [6.45, 7) is 0.914. The molecule has 1 aliphatic heterocycles. The van der Waals surface area contributed by atoms with Gasteiger partial charge in [-0.2, -0.15) is 0 Å². The SMILES string of the molecule is CNC(c1ccc(Br)cc1Br)C1CCOC2(CCC2)C1. The van der Waals surface area contributed by atoms with Gasteiger partial charge in [-0.3, -0.25) is 0 Å². The maximum Gasteiger partial charge on any atom is 0.0686 e. The molecule has 2 atom stereocenters. The predicted molar refractivity (Wildman–Crippen MR) is 88.9 cm³/mol. The summed E-state index contributed by atoms with van der Waals surface area (Å²) in [5.74, 6) is 0.659. The highest BCUT2D eigenvalue weighted by Crippen LogP contribution is 2.47. The first-order valence-corrected chi connectivity index (χ1v) is 8.98. The average molecular weight is 403 g/mol. The molecular weight excluding hydrogens is 382 g/mol. The summed E-state index contributed by atoms with van der Waals surface area (Å²) < 4.78 is 8.36. The van der Waals surface area contributed by atoms with Crippen LogP contribution in [0.2, 0.25) is 0 Å². The first-order valence-electron chi connectivity index (χ1n) is 7.40. The van der Waals surface area contributed by atoms with E-state index in [9.17, 15) is 0 Å². The predicted octanol–water partition coefficient (Wildman–Crippen LogP) is 4.82. The molecule has 0 bridgehead atoms. The van der Waals surface area contributed by atoms with Gasteiger partial charge in [0.1, 0.15) is 0 Å². The molecule has 1 aromatic rings. The van der Waals surface area contributed by atoms with E-state index in [0.29, 0.717) is 12.0 Å². The number of rotatable bonds is 3. The molecule has 1 saturated carbocycles. The summed E-state index contributed by atoms with van der Waals surface area (Å²) in [5, 5.41) is 3.53. The van der Waals surface area contributed by atoms with E-state index in [-0.39, 0.29) is 5.60 Å². The number of halogens is 2. The summed E-state index contributed by atoms with van der Waals surface area (Å²) in [6, 6.07) is 6.89. The fourth-order valence-electron chi connectivity index (χ4n) is 3.67. The largest absolute Gasteiger partial charge is 0.375 e. The van der Waals surface area contributed by atoms with Gasteiger partial charge in [0.05, 0.1) is 5.60 Å². The van der Waals surface area contributed by atoms with E-state index in [4.69, 9.17) is 4.74 Å². The molecule has 3 rings (SSSR count). The lowest BCUT2D eigenvalue weighted by atomic mass is 9.69. The molecule has 1 N–H and O–H groups in total. The van der Waals surface area contributed by atoms with E-state index >= 15 is 0 Å². The third-order valence-electron chi connectivity index (χ3n) is 4.88. The van der Waals surface area contributed by atoms with Crippen LogP contribution in [0.15, 0.2) is 27.1 Å². The molecule has 1 heterocycles. The molecule has 20 heavy (non-hydrogen) atoms. The lowest BCUT2D eigenvalue weighted by Gasteiger charge is -2.49. The van der Waals surface area contributed by atoms with Crippen LogP contribution in [0.5, 0.6) is 0 Å². The molecule has 2 unspecified atom stereocenters. The molecule has 0 aromatic heterocycles. The van der Waals surface area contributed by atoms with Crippen molar-refractivity contribution in [1.82, 2.24) is 5.32 Å². The van der Waals surface area contributed by atoms with Crippen LogP contribution in [0, 0.1) is 5.92 Å². The minimum Gasteiger partial charge on any atom is -0.375 e. The van der Waals surface area contributed by atoms with Gasteiger partial charge < -0.3 is 10.1 Å². The highest BCUT2D eigenvalue weighted by atomic mass is 79.9. The van der Waals surface area contributed by atoms with Crippen LogP contribution >= 0.6 is 31.9 Å². The molecule has 2 aliphatic rings. The Morgan fingerprint density at radius 1 is 1.35 bits per heavy atom.